The first-order chi connectivity index (χ1) is 13.4. The van der Waals surface area contributed by atoms with Crippen LogP contribution in [0.15, 0.2) is 47.1 Å². The molecule has 0 radical (unpaired) electrons. The van der Waals surface area contributed by atoms with Crippen LogP contribution in [0, 0.1) is 11.8 Å². The highest BCUT2D eigenvalue weighted by Gasteiger charge is 2.28. The highest BCUT2D eigenvalue weighted by Crippen LogP contribution is 2.32. The van der Waals surface area contributed by atoms with E-state index in [1.165, 1.54) is 28.9 Å². The van der Waals surface area contributed by atoms with Gasteiger partial charge in [0.2, 0.25) is 0 Å². The lowest BCUT2D eigenvalue weighted by molar-refractivity contribution is 0.0602. The monoisotopic (exact) mass is 401 g/mol. The molecule has 4 heteroatoms. The number of fused-ring (bicyclic) bond motifs is 1. The molecule has 0 amide bonds. The predicted molar refractivity (Wildman–Crippen MR) is 119 cm³/mol. The Morgan fingerprint density at radius 3 is 2.54 bits per heavy atom. The summed E-state index contributed by atoms with van der Waals surface area (Å²) in [7, 11) is 0. The number of hydrogen-bond donors (Lipinski definition) is 2. The van der Waals surface area contributed by atoms with Gasteiger partial charge in [0, 0.05) is 23.4 Å². The Balaban J connectivity index is 1.43. The fourth-order valence-corrected chi connectivity index (χ4v) is 4.94. The van der Waals surface area contributed by atoms with Crippen LogP contribution in [0.3, 0.4) is 0 Å². The number of thioether (sulfide) groups is 1. The molecule has 3 rings (SSSR count). The van der Waals surface area contributed by atoms with Crippen molar-refractivity contribution in [2.45, 2.75) is 58.1 Å². The van der Waals surface area contributed by atoms with Gasteiger partial charge < -0.3 is 15.2 Å². The van der Waals surface area contributed by atoms with Crippen LogP contribution in [-0.2, 0) is 17.6 Å². The van der Waals surface area contributed by atoms with Crippen molar-refractivity contribution >= 4 is 11.8 Å². The molecule has 154 valence electrons. The molecular formula is C24H35NO2S. The van der Waals surface area contributed by atoms with Gasteiger partial charge in [0.1, 0.15) is 18.5 Å². The number of β-amino-alcohol motifs (C(OH)–C–C–N with tert-alkyl or cyclic N) is 1. The maximum Gasteiger partial charge on any atom is 0.115 e. The summed E-state index contributed by atoms with van der Waals surface area (Å²) in [5, 5.41) is 14.0. The molecule has 0 aromatic heterocycles. The van der Waals surface area contributed by atoms with E-state index in [4.69, 9.17) is 4.74 Å². The fourth-order valence-electron chi connectivity index (χ4n) is 4.36. The van der Waals surface area contributed by atoms with E-state index in [1.54, 1.807) is 11.8 Å². The lowest BCUT2D eigenvalue weighted by atomic mass is 9.88. The van der Waals surface area contributed by atoms with Crippen molar-refractivity contribution in [3.8, 4) is 0 Å². The zero-order chi connectivity index (χ0) is 20.1. The van der Waals surface area contributed by atoms with Gasteiger partial charge in [-0.15, -0.1) is 11.8 Å². The van der Waals surface area contributed by atoms with Crippen LogP contribution in [0.25, 0.3) is 0 Å². The van der Waals surface area contributed by atoms with Crippen molar-refractivity contribution < 1.29 is 9.84 Å². The van der Waals surface area contributed by atoms with Gasteiger partial charge in [-0.1, -0.05) is 37.3 Å². The Morgan fingerprint density at radius 2 is 1.89 bits per heavy atom. The average molecular weight is 402 g/mol. The molecule has 0 heterocycles. The van der Waals surface area contributed by atoms with Gasteiger partial charge in [-0.2, -0.15) is 0 Å². The minimum Gasteiger partial charge on any atom is -0.494 e. The molecule has 3 nitrogen and oxygen atoms in total. The van der Waals surface area contributed by atoms with Crippen LogP contribution < -0.4 is 5.32 Å². The van der Waals surface area contributed by atoms with Gasteiger partial charge in [-0.05, 0) is 68.4 Å². The average Bonchev–Trinajstić information content (AvgIpc) is 3.06. The van der Waals surface area contributed by atoms with Gasteiger partial charge in [0.05, 0.1) is 0 Å². The predicted octanol–water partition coefficient (Wildman–Crippen LogP) is 4.71. The summed E-state index contributed by atoms with van der Waals surface area (Å²) in [5.41, 5.74) is 3.01. The van der Waals surface area contributed by atoms with Gasteiger partial charge in [-0.25, -0.2) is 0 Å². The second-order valence-corrected chi connectivity index (χ2v) is 9.86. The summed E-state index contributed by atoms with van der Waals surface area (Å²) in [5.74, 6) is 2.19. The van der Waals surface area contributed by atoms with E-state index in [-0.39, 0.29) is 5.54 Å². The number of aliphatic hydroxyl groups is 1. The maximum atomic E-state index is 10.4. The van der Waals surface area contributed by atoms with Gasteiger partial charge >= 0.3 is 0 Å². The number of nitrogens with one attached hydrogen (secondary N) is 1. The number of hydrogen-bond acceptors (Lipinski definition) is 4. The van der Waals surface area contributed by atoms with E-state index < -0.39 is 6.10 Å². The molecule has 2 aliphatic rings. The third-order valence-electron chi connectivity index (χ3n) is 5.78. The molecule has 0 spiro atoms. The quantitative estimate of drug-likeness (QED) is 0.629. The van der Waals surface area contributed by atoms with Crippen molar-refractivity contribution in [1.29, 1.82) is 0 Å². The Bertz CT molecular complexity index is 700. The molecule has 0 saturated carbocycles. The molecule has 1 aromatic rings. The summed E-state index contributed by atoms with van der Waals surface area (Å²) < 4.78 is 5.98. The summed E-state index contributed by atoms with van der Waals surface area (Å²) in [6.07, 6.45) is 10.3. The SMILES string of the molecule is CSC1=C(OC[C@H](O)CNC(C)(C)CC2Cc3ccccc3C2)CC(C)C=C1. The lowest BCUT2D eigenvalue weighted by Crippen LogP contribution is -2.45. The molecule has 0 aliphatic heterocycles. The number of ether oxygens (including phenoxy) is 1. The summed E-state index contributed by atoms with van der Waals surface area (Å²) >= 11 is 1.71. The molecule has 0 saturated heterocycles. The number of aliphatic hydroxyl groups excluding tert-OH is 1. The van der Waals surface area contributed by atoms with Gasteiger partial charge in [-0.3, -0.25) is 0 Å². The van der Waals surface area contributed by atoms with E-state index in [0.717, 1.165) is 18.6 Å². The van der Waals surface area contributed by atoms with Crippen LogP contribution >= 0.6 is 11.8 Å². The van der Waals surface area contributed by atoms with E-state index >= 15 is 0 Å². The summed E-state index contributed by atoms with van der Waals surface area (Å²) in [4.78, 5) is 1.18. The molecule has 0 fully saturated rings. The van der Waals surface area contributed by atoms with Crippen molar-refractivity contribution in [3.63, 3.8) is 0 Å². The third kappa shape index (κ3) is 5.88. The highest BCUT2D eigenvalue weighted by atomic mass is 32.2. The molecule has 28 heavy (non-hydrogen) atoms. The normalized spacial score (nSPS) is 21.1. The van der Waals surface area contributed by atoms with Crippen molar-refractivity contribution in [2.24, 2.45) is 11.8 Å². The first-order valence-corrected chi connectivity index (χ1v) is 11.7. The molecule has 1 unspecified atom stereocenters. The van der Waals surface area contributed by atoms with Crippen LogP contribution in [0.1, 0.15) is 44.7 Å². The topological polar surface area (TPSA) is 41.5 Å². The fraction of sp³-hybridized carbons (Fsp3) is 0.583. The standard InChI is InChI=1S/C24H35NO2S/c1-17-9-10-23(28-4)22(11-17)27-16-21(26)15-25-24(2,3)14-18-12-19-7-5-6-8-20(19)13-18/h5-10,17-18,21,25-26H,11-16H2,1-4H3/t17?,21-/m1/s1. The highest BCUT2D eigenvalue weighted by molar-refractivity contribution is 8.02. The number of benzene rings is 1. The molecule has 2 atom stereocenters. The van der Waals surface area contributed by atoms with E-state index in [9.17, 15) is 5.11 Å². The zero-order valence-electron chi connectivity index (χ0n) is 17.7. The number of rotatable bonds is 9. The largest absolute Gasteiger partial charge is 0.494 e. The van der Waals surface area contributed by atoms with Crippen molar-refractivity contribution in [1.82, 2.24) is 5.32 Å². The molecule has 0 bridgehead atoms. The summed E-state index contributed by atoms with van der Waals surface area (Å²) in [6.45, 7) is 7.58. The molecule has 2 aliphatic carbocycles. The first kappa shape index (κ1) is 21.5. The van der Waals surface area contributed by atoms with Crippen molar-refractivity contribution in [3.05, 3.63) is 58.2 Å². The second kappa shape index (κ2) is 9.51. The summed E-state index contributed by atoms with van der Waals surface area (Å²) in [6, 6.07) is 8.80. The Hall–Kier alpha value is -1.23. The third-order valence-corrected chi connectivity index (χ3v) is 6.58. The van der Waals surface area contributed by atoms with E-state index in [2.05, 4.69) is 68.8 Å². The Kier molecular flexibility index (Phi) is 7.30. The van der Waals surface area contributed by atoms with Gasteiger partial charge in [0.25, 0.3) is 0 Å². The van der Waals surface area contributed by atoms with Gasteiger partial charge in [0.15, 0.2) is 0 Å². The van der Waals surface area contributed by atoms with Crippen LogP contribution in [0.5, 0.6) is 0 Å². The number of allylic oxidation sites excluding steroid dienone is 3. The van der Waals surface area contributed by atoms with Crippen molar-refractivity contribution in [2.75, 3.05) is 19.4 Å². The zero-order valence-corrected chi connectivity index (χ0v) is 18.5. The smallest absolute Gasteiger partial charge is 0.115 e. The maximum absolute atomic E-state index is 10.4. The van der Waals surface area contributed by atoms with E-state index in [0.29, 0.717) is 25.0 Å². The van der Waals surface area contributed by atoms with Crippen LogP contribution in [0.4, 0.5) is 0 Å². The van der Waals surface area contributed by atoms with Crippen LogP contribution in [-0.4, -0.2) is 36.2 Å². The molecular weight excluding hydrogens is 366 g/mol. The minimum absolute atomic E-state index is 0.000517. The minimum atomic E-state index is -0.503. The van der Waals surface area contributed by atoms with E-state index in [1.807, 2.05) is 0 Å². The second-order valence-electron chi connectivity index (χ2n) is 9.01. The Morgan fingerprint density at radius 1 is 1.21 bits per heavy atom. The first-order valence-electron chi connectivity index (χ1n) is 10.4. The lowest BCUT2D eigenvalue weighted by Gasteiger charge is -2.31. The van der Waals surface area contributed by atoms with Crippen LogP contribution in [0.2, 0.25) is 0 Å². The molecule has 2 N–H and O–H groups in total. The Labute approximate surface area is 174 Å². The molecule has 1 aromatic carbocycles.